The van der Waals surface area contributed by atoms with Gasteiger partial charge in [-0.25, -0.2) is 0 Å². The van der Waals surface area contributed by atoms with Gasteiger partial charge in [-0.05, 0) is 25.2 Å². The number of hydrogen-bond acceptors (Lipinski definition) is 2. The maximum Gasteiger partial charge on any atom is 0.319 e. The maximum absolute atomic E-state index is 11.7. The predicted octanol–water partition coefficient (Wildman–Crippen LogP) is 5.28. The van der Waals surface area contributed by atoms with E-state index in [0.717, 1.165) is 19.3 Å². The van der Waals surface area contributed by atoms with Gasteiger partial charge in [0, 0.05) is 6.42 Å². The van der Waals surface area contributed by atoms with E-state index in [9.17, 15) is 14.7 Å². The van der Waals surface area contributed by atoms with Crippen LogP contribution in [0.3, 0.4) is 0 Å². The van der Waals surface area contributed by atoms with E-state index in [1.54, 1.807) is 0 Å². The molecule has 5 heteroatoms. The Labute approximate surface area is 148 Å². The monoisotopic (exact) mass is 426 g/mol. The highest BCUT2D eigenvalue weighted by molar-refractivity contribution is 14.1. The number of aliphatic carboxylic acids is 2. The Bertz CT molecular complexity index is 333. The molecule has 0 fully saturated rings. The Balaban J connectivity index is 4.52. The molecule has 0 aliphatic heterocycles. The Morgan fingerprint density at radius 3 is 2.18 bits per heavy atom. The van der Waals surface area contributed by atoms with E-state index in [1.165, 1.54) is 19.3 Å². The molecule has 0 radical (unpaired) electrons. The highest BCUT2D eigenvalue weighted by Gasteiger charge is 2.36. The van der Waals surface area contributed by atoms with E-state index in [1.807, 2.05) is 0 Å². The van der Waals surface area contributed by atoms with Gasteiger partial charge in [-0.15, -0.1) is 0 Å². The number of carboxylic acid groups (broad SMARTS) is 2. The van der Waals surface area contributed by atoms with Gasteiger partial charge in [-0.2, -0.15) is 0 Å². The summed E-state index contributed by atoms with van der Waals surface area (Å²) in [5.41, 5.74) is 0. The molecule has 0 aliphatic carbocycles. The van der Waals surface area contributed by atoms with Crippen molar-refractivity contribution >= 4 is 34.5 Å². The number of unbranched alkanes of at least 4 members (excludes halogenated alkanes) is 3. The Morgan fingerprint density at radius 1 is 1.00 bits per heavy atom. The summed E-state index contributed by atoms with van der Waals surface area (Å²) in [7, 11) is 0. The fourth-order valence-corrected chi connectivity index (χ4v) is 3.88. The van der Waals surface area contributed by atoms with E-state index in [2.05, 4.69) is 36.4 Å². The first-order chi connectivity index (χ1) is 10.4. The average molecular weight is 426 g/mol. The normalized spacial score (nSPS) is 15.2. The lowest BCUT2D eigenvalue weighted by molar-refractivity contribution is -0.140. The molecule has 0 aromatic heterocycles. The average Bonchev–Trinajstić information content (AvgIpc) is 2.43. The number of halogens is 1. The van der Waals surface area contributed by atoms with E-state index < -0.39 is 15.4 Å². The third-order valence-corrected chi connectivity index (χ3v) is 5.56. The quantitative estimate of drug-likeness (QED) is 0.225. The molecule has 0 rings (SSSR count). The van der Waals surface area contributed by atoms with Crippen LogP contribution in [-0.4, -0.2) is 25.6 Å². The van der Waals surface area contributed by atoms with Crippen LogP contribution in [0, 0.1) is 5.92 Å². The molecular formula is C17H31IO4. The zero-order valence-electron chi connectivity index (χ0n) is 13.9. The number of carboxylic acids is 2. The van der Waals surface area contributed by atoms with E-state index in [4.69, 9.17) is 5.11 Å². The van der Waals surface area contributed by atoms with Crippen molar-refractivity contribution in [3.63, 3.8) is 0 Å². The summed E-state index contributed by atoms with van der Waals surface area (Å²) < 4.78 is -0.748. The van der Waals surface area contributed by atoms with Crippen LogP contribution in [0.25, 0.3) is 0 Å². The van der Waals surface area contributed by atoms with Crippen LogP contribution in [0.2, 0.25) is 0 Å². The highest BCUT2D eigenvalue weighted by Crippen LogP contribution is 2.36. The first-order valence-corrected chi connectivity index (χ1v) is 9.57. The fraction of sp³-hybridized carbons (Fsp3) is 0.882. The Morgan fingerprint density at radius 2 is 1.68 bits per heavy atom. The molecule has 4 nitrogen and oxygen atoms in total. The Kier molecular flexibility index (Phi) is 12.0. The molecule has 0 spiro atoms. The maximum atomic E-state index is 11.7. The van der Waals surface area contributed by atoms with Crippen molar-refractivity contribution in [1.29, 1.82) is 0 Å². The van der Waals surface area contributed by atoms with Gasteiger partial charge in [-0.1, -0.05) is 81.4 Å². The molecule has 2 N–H and O–H groups in total. The van der Waals surface area contributed by atoms with Gasteiger partial charge in [0.15, 0.2) is 0 Å². The molecule has 130 valence electrons. The molecule has 0 heterocycles. The van der Waals surface area contributed by atoms with E-state index in [0.29, 0.717) is 31.6 Å². The summed E-state index contributed by atoms with van der Waals surface area (Å²) in [4.78, 5) is 22.2. The third-order valence-electron chi connectivity index (χ3n) is 4.12. The van der Waals surface area contributed by atoms with E-state index in [-0.39, 0.29) is 6.42 Å². The predicted molar refractivity (Wildman–Crippen MR) is 97.6 cm³/mol. The second kappa shape index (κ2) is 12.1. The second-order valence-electron chi connectivity index (χ2n) is 6.23. The molecule has 0 saturated carbocycles. The zero-order chi connectivity index (χ0) is 17.0. The van der Waals surface area contributed by atoms with Crippen LogP contribution in [-0.2, 0) is 9.59 Å². The van der Waals surface area contributed by atoms with Gasteiger partial charge >= 0.3 is 11.9 Å². The van der Waals surface area contributed by atoms with Crippen molar-refractivity contribution in [2.45, 2.75) is 87.9 Å². The summed E-state index contributed by atoms with van der Waals surface area (Å²) >= 11 is 2.09. The Hall–Kier alpha value is -0.330. The van der Waals surface area contributed by atoms with Crippen LogP contribution in [0.4, 0.5) is 0 Å². The van der Waals surface area contributed by atoms with Gasteiger partial charge in [0.05, 0.1) is 0 Å². The van der Waals surface area contributed by atoms with Crippen molar-refractivity contribution in [2.75, 3.05) is 0 Å². The minimum absolute atomic E-state index is 0.126. The van der Waals surface area contributed by atoms with Crippen LogP contribution >= 0.6 is 22.6 Å². The topological polar surface area (TPSA) is 74.6 Å². The van der Waals surface area contributed by atoms with Gasteiger partial charge in [0.1, 0.15) is 3.42 Å². The first kappa shape index (κ1) is 21.7. The summed E-state index contributed by atoms with van der Waals surface area (Å²) in [6, 6.07) is 0. The SMILES string of the molecule is CCCCCC(CCC)CC(I)(CCCCC(=O)O)C(=O)O. The lowest BCUT2D eigenvalue weighted by Gasteiger charge is -2.28. The minimum atomic E-state index is -0.808. The number of rotatable bonds is 14. The lowest BCUT2D eigenvalue weighted by Crippen LogP contribution is -2.34. The highest BCUT2D eigenvalue weighted by atomic mass is 127. The summed E-state index contributed by atoms with van der Waals surface area (Å²) in [6.45, 7) is 4.33. The zero-order valence-corrected chi connectivity index (χ0v) is 16.1. The molecule has 0 aromatic rings. The standard InChI is InChI=1S/C17H31IO4/c1-3-5-6-10-14(9-4-2)13-17(18,16(21)22)12-8-7-11-15(19)20/h14H,3-13H2,1-2H3,(H,19,20)(H,21,22). The van der Waals surface area contributed by atoms with Crippen molar-refractivity contribution in [3.8, 4) is 0 Å². The molecule has 0 amide bonds. The molecule has 2 atom stereocenters. The minimum Gasteiger partial charge on any atom is -0.481 e. The summed E-state index contributed by atoms with van der Waals surface area (Å²) in [5.74, 6) is -1.10. The van der Waals surface area contributed by atoms with Gasteiger partial charge in [0.2, 0.25) is 0 Å². The molecule has 0 aliphatic rings. The number of hydrogen-bond donors (Lipinski definition) is 2. The van der Waals surface area contributed by atoms with Crippen molar-refractivity contribution in [3.05, 3.63) is 0 Å². The van der Waals surface area contributed by atoms with Crippen molar-refractivity contribution in [2.24, 2.45) is 5.92 Å². The lowest BCUT2D eigenvalue weighted by atomic mass is 9.85. The van der Waals surface area contributed by atoms with Gasteiger partial charge < -0.3 is 10.2 Å². The van der Waals surface area contributed by atoms with Crippen LogP contribution in [0.15, 0.2) is 0 Å². The number of alkyl halides is 1. The van der Waals surface area contributed by atoms with Crippen molar-refractivity contribution in [1.82, 2.24) is 0 Å². The number of carbonyl (C=O) groups is 2. The van der Waals surface area contributed by atoms with Crippen molar-refractivity contribution < 1.29 is 19.8 Å². The second-order valence-corrected chi connectivity index (χ2v) is 8.29. The molecule has 2 unspecified atom stereocenters. The largest absolute Gasteiger partial charge is 0.481 e. The van der Waals surface area contributed by atoms with Crippen LogP contribution in [0.5, 0.6) is 0 Å². The third kappa shape index (κ3) is 9.64. The summed E-state index contributed by atoms with van der Waals surface area (Å²) in [5, 5.41) is 18.3. The summed E-state index contributed by atoms with van der Waals surface area (Å²) in [6.07, 6.45) is 9.44. The molecule has 0 aromatic carbocycles. The molecule has 0 saturated heterocycles. The van der Waals surface area contributed by atoms with Gasteiger partial charge in [-0.3, -0.25) is 9.59 Å². The smallest absolute Gasteiger partial charge is 0.319 e. The van der Waals surface area contributed by atoms with Crippen LogP contribution in [0.1, 0.15) is 84.5 Å². The fourth-order valence-electron chi connectivity index (χ4n) is 2.88. The first-order valence-electron chi connectivity index (χ1n) is 8.49. The molecule has 22 heavy (non-hydrogen) atoms. The van der Waals surface area contributed by atoms with Crippen LogP contribution < -0.4 is 0 Å². The molecule has 0 bridgehead atoms. The van der Waals surface area contributed by atoms with Gasteiger partial charge in [0.25, 0.3) is 0 Å². The van der Waals surface area contributed by atoms with E-state index >= 15 is 0 Å². The molecular weight excluding hydrogens is 395 g/mol.